The van der Waals surface area contributed by atoms with Gasteiger partial charge in [0.2, 0.25) is 0 Å². The van der Waals surface area contributed by atoms with Crippen LogP contribution in [0.1, 0.15) is 0 Å². The topological polar surface area (TPSA) is 52.3 Å². The summed E-state index contributed by atoms with van der Waals surface area (Å²) in [6, 6.07) is 0. The molecule has 0 N–H and O–H groups in total. The molecule has 0 saturated heterocycles. The van der Waals surface area contributed by atoms with Crippen molar-refractivity contribution in [2.24, 2.45) is 0 Å². The smallest absolute Gasteiger partial charge is 0 e. The molecule has 0 bridgehead atoms. The quantitative estimate of drug-likeness (QED) is 0.388. The van der Waals surface area contributed by atoms with Crippen molar-refractivity contribution in [2.75, 3.05) is 0 Å². The van der Waals surface area contributed by atoms with E-state index in [1.54, 1.807) is 0 Å². The second-order valence-corrected chi connectivity index (χ2v) is 0. The molecule has 0 spiro atoms. The zero-order valence-electron chi connectivity index (χ0n) is 1.80. The standard InChI is InChI=1S/CN.O.V/c1-2;;/q-1;-2;. The Bertz CT molecular complexity index is 12.8. The zero-order chi connectivity index (χ0) is 2.00. The van der Waals surface area contributed by atoms with E-state index in [-0.39, 0.29) is 24.0 Å². The van der Waals surface area contributed by atoms with Gasteiger partial charge in [-0.25, -0.2) is 0 Å². The molecule has 23 valence electrons. The van der Waals surface area contributed by atoms with Crippen LogP contribution >= 0.6 is 0 Å². The first-order chi connectivity index (χ1) is 1.00. The van der Waals surface area contributed by atoms with Crippen molar-refractivity contribution >= 4 is 0 Å². The fourth-order valence-corrected chi connectivity index (χ4v) is 0. The van der Waals surface area contributed by atoms with E-state index in [1.807, 2.05) is 0 Å². The predicted molar refractivity (Wildman–Crippen MR) is 5.65 cm³/mol. The second-order valence-electron chi connectivity index (χ2n) is 0. The van der Waals surface area contributed by atoms with Crippen molar-refractivity contribution in [3.05, 3.63) is 6.57 Å². The summed E-state index contributed by atoms with van der Waals surface area (Å²) in [5.41, 5.74) is 0. The summed E-state index contributed by atoms with van der Waals surface area (Å²) in [5, 5.41) is 6.25. The molecule has 0 aromatic rings. The van der Waals surface area contributed by atoms with Gasteiger partial charge in [0.15, 0.2) is 0 Å². The van der Waals surface area contributed by atoms with Gasteiger partial charge in [0.1, 0.15) is 0 Å². The molecule has 0 unspecified atom stereocenters. The van der Waals surface area contributed by atoms with E-state index in [1.165, 1.54) is 0 Å². The van der Waals surface area contributed by atoms with Gasteiger partial charge in [0.05, 0.1) is 0 Å². The Morgan fingerprint density at radius 1 is 1.25 bits per heavy atom. The summed E-state index contributed by atoms with van der Waals surface area (Å²) in [5.74, 6) is 0. The van der Waals surface area contributed by atoms with Crippen LogP contribution in [-0.4, -0.2) is 0 Å². The van der Waals surface area contributed by atoms with Gasteiger partial charge < -0.3 is 17.3 Å². The van der Waals surface area contributed by atoms with Gasteiger partial charge in [-0.15, -0.1) is 0 Å². The maximum absolute atomic E-state index is 6.25. The average Bonchev–Trinajstić information content (AvgIpc) is 1.00. The van der Waals surface area contributed by atoms with E-state index in [2.05, 4.69) is 0 Å². The first-order valence-electron chi connectivity index (χ1n) is 0.224. The van der Waals surface area contributed by atoms with Crippen LogP contribution in [0.2, 0.25) is 0 Å². The van der Waals surface area contributed by atoms with E-state index < -0.39 is 0 Å². The van der Waals surface area contributed by atoms with E-state index >= 15 is 0 Å². The number of hydrogen-bond acceptors (Lipinski definition) is 1. The van der Waals surface area contributed by atoms with Gasteiger partial charge in [-0.3, -0.25) is 0 Å². The summed E-state index contributed by atoms with van der Waals surface area (Å²) in [4.78, 5) is 0. The van der Waals surface area contributed by atoms with Gasteiger partial charge in [0.25, 0.3) is 0 Å². The summed E-state index contributed by atoms with van der Waals surface area (Å²) in [6.45, 7) is 4.75. The SMILES string of the molecule is [C-]#N.[O-2].[V]. The molecule has 3 heteroatoms. The third-order valence-corrected chi connectivity index (χ3v) is 0. The van der Waals surface area contributed by atoms with Crippen LogP contribution in [0.3, 0.4) is 0 Å². The summed E-state index contributed by atoms with van der Waals surface area (Å²) in [7, 11) is 0. The molecule has 0 atom stereocenters. The van der Waals surface area contributed by atoms with Crippen LogP contribution < -0.4 is 0 Å². The zero-order valence-corrected chi connectivity index (χ0v) is 3.20. The molecule has 0 aromatic heterocycles. The van der Waals surface area contributed by atoms with Crippen LogP contribution in [0, 0.1) is 11.8 Å². The van der Waals surface area contributed by atoms with Crippen molar-refractivity contribution in [1.82, 2.24) is 0 Å². The molecule has 2 nitrogen and oxygen atoms in total. The van der Waals surface area contributed by atoms with E-state index in [9.17, 15) is 0 Å². The van der Waals surface area contributed by atoms with E-state index in [0.717, 1.165) is 0 Å². The maximum Gasteiger partial charge on any atom is 0 e. The van der Waals surface area contributed by atoms with E-state index in [0.29, 0.717) is 0 Å². The molecule has 0 aliphatic rings. The fourth-order valence-electron chi connectivity index (χ4n) is 0. The van der Waals surface area contributed by atoms with Crippen LogP contribution in [0.15, 0.2) is 0 Å². The Hall–Kier alpha value is 0.0344. The van der Waals surface area contributed by atoms with Crippen LogP contribution in [0.4, 0.5) is 0 Å². The Morgan fingerprint density at radius 3 is 1.25 bits per heavy atom. The monoisotopic (exact) mass is 92.9 g/mol. The number of hydrogen-bond donors (Lipinski definition) is 0. The van der Waals surface area contributed by atoms with Crippen molar-refractivity contribution < 1.29 is 24.0 Å². The normalized spacial score (nSPS) is 0.500. The second kappa shape index (κ2) is 10600. The van der Waals surface area contributed by atoms with Crippen LogP contribution in [-0.2, 0) is 24.0 Å². The molecule has 0 fully saturated rings. The van der Waals surface area contributed by atoms with Crippen molar-refractivity contribution in [2.45, 2.75) is 0 Å². The number of rotatable bonds is 0. The number of nitrogens with zero attached hydrogens (tertiary/aromatic N) is 1. The Balaban J connectivity index is -0.00000000500. The molecule has 4 heavy (non-hydrogen) atoms. The minimum Gasteiger partial charge on any atom is -2.00 e. The average molecular weight is 93.0 g/mol. The molecule has 1 radical (unpaired) electrons. The summed E-state index contributed by atoms with van der Waals surface area (Å²) < 4.78 is 0. The van der Waals surface area contributed by atoms with Gasteiger partial charge in [-0.05, 0) is 0 Å². The minimum atomic E-state index is 0. The third-order valence-electron chi connectivity index (χ3n) is 0. The molecular weight excluding hydrogens is 93.0 g/mol. The van der Waals surface area contributed by atoms with Gasteiger partial charge >= 0.3 is 0 Å². The van der Waals surface area contributed by atoms with Crippen molar-refractivity contribution in [3.63, 3.8) is 0 Å². The molecular formula is CNOV-3. The van der Waals surface area contributed by atoms with Gasteiger partial charge in [-0.2, -0.15) is 0 Å². The molecule has 0 saturated carbocycles. The van der Waals surface area contributed by atoms with E-state index in [4.69, 9.17) is 11.8 Å². The molecule has 0 aliphatic carbocycles. The van der Waals surface area contributed by atoms with Gasteiger partial charge in [-0.1, -0.05) is 0 Å². The molecule has 0 heterocycles. The third kappa shape index (κ3) is 1840. The minimum absolute atomic E-state index is 0. The first-order valence-corrected chi connectivity index (χ1v) is 0.224. The molecule has 0 amide bonds. The first kappa shape index (κ1) is 34.7. The maximum atomic E-state index is 6.25. The Labute approximate surface area is 36.6 Å². The van der Waals surface area contributed by atoms with Crippen LogP contribution in [0.5, 0.6) is 0 Å². The van der Waals surface area contributed by atoms with Crippen molar-refractivity contribution in [3.8, 4) is 0 Å². The largest absolute Gasteiger partial charge is 2.00 e. The van der Waals surface area contributed by atoms with Gasteiger partial charge in [0, 0.05) is 18.6 Å². The molecule has 0 aliphatic heterocycles. The summed E-state index contributed by atoms with van der Waals surface area (Å²) in [6.07, 6.45) is 0. The van der Waals surface area contributed by atoms with Crippen molar-refractivity contribution in [1.29, 1.82) is 5.26 Å². The fraction of sp³-hybridized carbons (Fsp3) is 0. The Morgan fingerprint density at radius 2 is 1.25 bits per heavy atom. The summed E-state index contributed by atoms with van der Waals surface area (Å²) >= 11 is 0. The molecule has 0 aromatic carbocycles. The molecule has 0 rings (SSSR count). The Kier molecular flexibility index (Phi) is 92000. The van der Waals surface area contributed by atoms with Crippen LogP contribution in [0.25, 0.3) is 0 Å². The predicted octanol–water partition coefficient (Wildman–Crippen LogP) is -0.0249.